The molecule has 0 aliphatic carbocycles. The van der Waals surface area contributed by atoms with Crippen LogP contribution in [-0.4, -0.2) is 20.1 Å². The van der Waals surface area contributed by atoms with Crippen molar-refractivity contribution in [3.8, 4) is 11.1 Å². The topological polar surface area (TPSA) is 61.8 Å². The number of aliphatic hydroxyl groups excluding tert-OH is 1. The predicted octanol–water partition coefficient (Wildman–Crippen LogP) is 6.48. The first-order chi connectivity index (χ1) is 14.7. The molecule has 0 radical (unpaired) electrons. The molecule has 0 unspecified atom stereocenters. The summed E-state index contributed by atoms with van der Waals surface area (Å²) >= 11 is 0. The number of nitrogens with one attached hydrogen (secondary N) is 1. The number of H-pyrrole nitrogens is 1. The smallest absolute Gasteiger partial charge is 0.131 e. The van der Waals surface area contributed by atoms with Crippen molar-refractivity contribution in [1.82, 2.24) is 15.0 Å². The summed E-state index contributed by atoms with van der Waals surface area (Å²) in [5.41, 5.74) is 6.55. The van der Waals surface area contributed by atoms with Gasteiger partial charge in [0.25, 0.3) is 0 Å². The summed E-state index contributed by atoms with van der Waals surface area (Å²) in [6, 6.07) is 23.9. The summed E-state index contributed by atoms with van der Waals surface area (Å²) in [6.45, 7) is 3.67. The van der Waals surface area contributed by atoms with Gasteiger partial charge in [0.2, 0.25) is 0 Å². The highest BCUT2D eigenvalue weighted by Crippen LogP contribution is 2.29. The molecule has 0 aliphatic rings. The van der Waals surface area contributed by atoms with Crippen LogP contribution in [0.25, 0.3) is 51.0 Å². The standard InChI is InChI=1S/C26H19N3O/c1-17(30)21-6-2-3-7-22(21)19-10-12-24-25(16-19)29-26(28-24)13-9-18-8-11-23-20(15-18)5-4-14-27-23/h2-16,30H,1H2,(H,28,29)/b13-9+. The fourth-order valence-corrected chi connectivity index (χ4v) is 3.64. The molecule has 0 fully saturated rings. The van der Waals surface area contributed by atoms with Gasteiger partial charge in [-0.2, -0.15) is 0 Å². The summed E-state index contributed by atoms with van der Waals surface area (Å²) in [4.78, 5) is 12.4. The molecule has 2 aromatic heterocycles. The largest absolute Gasteiger partial charge is 0.508 e. The van der Waals surface area contributed by atoms with E-state index in [4.69, 9.17) is 0 Å². The second-order valence-electron chi connectivity index (χ2n) is 7.14. The number of nitrogens with zero attached hydrogens (tertiary/aromatic N) is 2. The zero-order chi connectivity index (χ0) is 20.5. The average Bonchev–Trinajstić information content (AvgIpc) is 3.19. The number of hydrogen-bond acceptors (Lipinski definition) is 3. The molecule has 30 heavy (non-hydrogen) atoms. The van der Waals surface area contributed by atoms with Gasteiger partial charge in [0, 0.05) is 17.1 Å². The Kier molecular flexibility index (Phi) is 4.37. The van der Waals surface area contributed by atoms with E-state index in [1.807, 2.05) is 72.8 Å². The van der Waals surface area contributed by atoms with Crippen LogP contribution in [0.15, 0.2) is 85.6 Å². The van der Waals surface area contributed by atoms with Gasteiger partial charge in [-0.3, -0.25) is 4.98 Å². The van der Waals surface area contributed by atoms with Gasteiger partial charge < -0.3 is 10.1 Å². The molecule has 0 saturated heterocycles. The maximum Gasteiger partial charge on any atom is 0.131 e. The minimum atomic E-state index is 0.0597. The van der Waals surface area contributed by atoms with Crippen molar-refractivity contribution < 1.29 is 5.11 Å². The molecule has 5 rings (SSSR count). The van der Waals surface area contributed by atoms with Gasteiger partial charge in [0.15, 0.2) is 0 Å². The van der Waals surface area contributed by atoms with Crippen LogP contribution in [0.1, 0.15) is 17.0 Å². The molecule has 4 nitrogen and oxygen atoms in total. The number of aromatic nitrogens is 3. The van der Waals surface area contributed by atoms with E-state index in [1.54, 1.807) is 6.20 Å². The van der Waals surface area contributed by atoms with Crippen molar-refractivity contribution in [2.45, 2.75) is 0 Å². The highest BCUT2D eigenvalue weighted by molar-refractivity contribution is 5.87. The maximum absolute atomic E-state index is 9.90. The molecule has 4 heteroatoms. The fraction of sp³-hybridized carbons (Fsp3) is 0. The third kappa shape index (κ3) is 3.35. The van der Waals surface area contributed by atoms with E-state index in [0.29, 0.717) is 0 Å². The number of benzene rings is 3. The molecular weight excluding hydrogens is 370 g/mol. The number of imidazole rings is 1. The van der Waals surface area contributed by atoms with Crippen LogP contribution in [0.3, 0.4) is 0 Å². The van der Waals surface area contributed by atoms with E-state index in [9.17, 15) is 5.11 Å². The number of fused-ring (bicyclic) bond motifs is 2. The van der Waals surface area contributed by atoms with Gasteiger partial charge in [0.05, 0.1) is 16.6 Å². The van der Waals surface area contributed by atoms with Gasteiger partial charge in [-0.1, -0.05) is 55.1 Å². The highest BCUT2D eigenvalue weighted by Gasteiger charge is 2.09. The Bertz CT molecular complexity index is 1430. The monoisotopic (exact) mass is 389 g/mol. The molecule has 0 atom stereocenters. The Morgan fingerprint density at radius 1 is 0.900 bits per heavy atom. The minimum Gasteiger partial charge on any atom is -0.508 e. The van der Waals surface area contributed by atoms with Crippen LogP contribution in [0, 0.1) is 0 Å². The van der Waals surface area contributed by atoms with E-state index < -0.39 is 0 Å². The van der Waals surface area contributed by atoms with Crippen molar-refractivity contribution in [1.29, 1.82) is 0 Å². The second-order valence-corrected chi connectivity index (χ2v) is 7.14. The summed E-state index contributed by atoms with van der Waals surface area (Å²) in [5.74, 6) is 0.845. The third-order valence-corrected chi connectivity index (χ3v) is 5.11. The SMILES string of the molecule is C=C(O)c1ccccc1-c1ccc2nc(/C=C/c3ccc4ncccc4c3)[nH]c2c1. The minimum absolute atomic E-state index is 0.0597. The molecule has 144 valence electrons. The summed E-state index contributed by atoms with van der Waals surface area (Å²) < 4.78 is 0. The van der Waals surface area contributed by atoms with E-state index in [1.165, 1.54) is 0 Å². The Hall–Kier alpha value is -4.18. The average molecular weight is 389 g/mol. The summed E-state index contributed by atoms with van der Waals surface area (Å²) in [7, 11) is 0. The molecule has 5 aromatic rings. The van der Waals surface area contributed by atoms with Crippen molar-refractivity contribution in [2.75, 3.05) is 0 Å². The quantitative estimate of drug-likeness (QED) is 0.346. The third-order valence-electron chi connectivity index (χ3n) is 5.11. The van der Waals surface area contributed by atoms with Gasteiger partial charge in [0.1, 0.15) is 11.6 Å². The predicted molar refractivity (Wildman–Crippen MR) is 124 cm³/mol. The van der Waals surface area contributed by atoms with Gasteiger partial charge in [-0.25, -0.2) is 4.98 Å². The normalized spacial score (nSPS) is 11.5. The maximum atomic E-state index is 9.90. The van der Waals surface area contributed by atoms with Crippen LogP contribution in [0.5, 0.6) is 0 Å². The fourth-order valence-electron chi connectivity index (χ4n) is 3.64. The molecule has 0 amide bonds. The van der Waals surface area contributed by atoms with Crippen molar-refractivity contribution in [3.63, 3.8) is 0 Å². The van der Waals surface area contributed by atoms with Crippen molar-refractivity contribution in [2.24, 2.45) is 0 Å². The van der Waals surface area contributed by atoms with Crippen LogP contribution in [0.4, 0.5) is 0 Å². The molecule has 0 bridgehead atoms. The van der Waals surface area contributed by atoms with Crippen LogP contribution < -0.4 is 0 Å². The van der Waals surface area contributed by atoms with E-state index in [-0.39, 0.29) is 5.76 Å². The molecule has 2 N–H and O–H groups in total. The molecule has 0 aliphatic heterocycles. The lowest BCUT2D eigenvalue weighted by molar-refractivity contribution is 0.514. The Balaban J connectivity index is 1.48. The summed E-state index contributed by atoms with van der Waals surface area (Å²) in [5, 5.41) is 11.0. The second kappa shape index (κ2) is 7.33. The first-order valence-electron chi connectivity index (χ1n) is 9.68. The van der Waals surface area contributed by atoms with E-state index >= 15 is 0 Å². The molecule has 0 spiro atoms. The number of pyridine rings is 1. The number of aliphatic hydroxyl groups is 1. The molecule has 2 heterocycles. The number of aromatic amines is 1. The molecular formula is C26H19N3O. The Morgan fingerprint density at radius 2 is 1.77 bits per heavy atom. The lowest BCUT2D eigenvalue weighted by atomic mass is 9.98. The zero-order valence-corrected chi connectivity index (χ0v) is 16.2. The van der Waals surface area contributed by atoms with Gasteiger partial charge in [-0.05, 0) is 53.1 Å². The lowest BCUT2D eigenvalue weighted by Gasteiger charge is -2.08. The van der Waals surface area contributed by atoms with Gasteiger partial charge >= 0.3 is 0 Å². The first kappa shape index (κ1) is 17.9. The zero-order valence-electron chi connectivity index (χ0n) is 16.2. The van der Waals surface area contributed by atoms with Crippen molar-refractivity contribution >= 4 is 39.8 Å². The first-order valence-corrected chi connectivity index (χ1v) is 9.68. The lowest BCUT2D eigenvalue weighted by Crippen LogP contribution is -1.87. The molecule has 3 aromatic carbocycles. The van der Waals surface area contributed by atoms with Crippen LogP contribution >= 0.6 is 0 Å². The number of rotatable bonds is 4. The van der Waals surface area contributed by atoms with Crippen LogP contribution in [-0.2, 0) is 0 Å². The molecule has 0 saturated carbocycles. The Labute approximate surface area is 173 Å². The highest BCUT2D eigenvalue weighted by atomic mass is 16.3. The Morgan fingerprint density at radius 3 is 2.67 bits per heavy atom. The van der Waals surface area contributed by atoms with E-state index in [2.05, 4.69) is 33.7 Å². The number of hydrogen-bond donors (Lipinski definition) is 2. The van der Waals surface area contributed by atoms with Gasteiger partial charge in [-0.15, -0.1) is 0 Å². The van der Waals surface area contributed by atoms with Crippen molar-refractivity contribution in [3.05, 3.63) is 103 Å². The van der Waals surface area contributed by atoms with Crippen LogP contribution in [0.2, 0.25) is 0 Å². The van der Waals surface area contributed by atoms with E-state index in [0.717, 1.165) is 50.0 Å². The summed E-state index contributed by atoms with van der Waals surface area (Å²) in [6.07, 6.45) is 5.81.